The van der Waals surface area contributed by atoms with E-state index in [1.165, 1.54) is 6.33 Å². The number of nitrogens with zero attached hydrogens (tertiary/aromatic N) is 3. The fourth-order valence-corrected chi connectivity index (χ4v) is 1.77. The number of aromatic hydroxyl groups is 1. The Kier molecular flexibility index (Phi) is 4.46. The standard InChI is InChI=1S/C12H14N6O3/c13-17-12-10(18(20)21)11(15-7-16-12)14-6-5-8-1-3-9(19)4-2-8/h1-4,7,19H,5-6,13H2,(H2,14,15,16,17). The van der Waals surface area contributed by atoms with E-state index in [0.717, 1.165) is 5.56 Å². The molecule has 5 N–H and O–H groups in total. The SMILES string of the molecule is NNc1ncnc(NCCc2ccc(O)cc2)c1[N+](=O)[O-]. The quantitative estimate of drug-likeness (QED) is 0.351. The number of hydrogen-bond donors (Lipinski definition) is 4. The van der Waals surface area contributed by atoms with Gasteiger partial charge in [0, 0.05) is 6.54 Å². The van der Waals surface area contributed by atoms with Crippen LogP contribution in [0.5, 0.6) is 5.75 Å². The van der Waals surface area contributed by atoms with Gasteiger partial charge in [0.15, 0.2) is 0 Å². The number of rotatable bonds is 6. The highest BCUT2D eigenvalue weighted by molar-refractivity contribution is 5.68. The molecule has 1 aromatic heterocycles. The van der Waals surface area contributed by atoms with Crippen LogP contribution in [0, 0.1) is 10.1 Å². The first-order chi connectivity index (χ1) is 10.1. The van der Waals surface area contributed by atoms with Gasteiger partial charge in [-0.1, -0.05) is 12.1 Å². The average Bonchev–Trinajstić information content (AvgIpc) is 2.48. The number of phenols is 1. The summed E-state index contributed by atoms with van der Waals surface area (Å²) in [4.78, 5) is 18.0. The molecule has 2 aromatic rings. The molecule has 0 aliphatic carbocycles. The summed E-state index contributed by atoms with van der Waals surface area (Å²) in [7, 11) is 0. The Labute approximate surface area is 120 Å². The van der Waals surface area contributed by atoms with Crippen LogP contribution in [-0.4, -0.2) is 26.5 Å². The lowest BCUT2D eigenvalue weighted by molar-refractivity contribution is -0.383. The van der Waals surface area contributed by atoms with Crippen molar-refractivity contribution in [3.8, 4) is 5.75 Å². The first-order valence-electron chi connectivity index (χ1n) is 6.09. The molecule has 0 saturated carbocycles. The minimum Gasteiger partial charge on any atom is -0.508 e. The number of anilines is 2. The molecule has 0 amide bonds. The van der Waals surface area contributed by atoms with E-state index in [-0.39, 0.29) is 23.1 Å². The van der Waals surface area contributed by atoms with Crippen LogP contribution in [0.25, 0.3) is 0 Å². The fraction of sp³-hybridized carbons (Fsp3) is 0.167. The lowest BCUT2D eigenvalue weighted by atomic mass is 10.1. The Morgan fingerprint density at radius 1 is 1.24 bits per heavy atom. The van der Waals surface area contributed by atoms with Crippen molar-refractivity contribution in [2.45, 2.75) is 6.42 Å². The molecule has 0 spiro atoms. The van der Waals surface area contributed by atoms with Gasteiger partial charge in [-0.3, -0.25) is 10.1 Å². The minimum atomic E-state index is -0.599. The number of nitro groups is 1. The summed E-state index contributed by atoms with van der Waals surface area (Å²) in [5.41, 5.74) is 2.85. The summed E-state index contributed by atoms with van der Waals surface area (Å²) in [5, 5.41) is 23.1. The molecule has 1 heterocycles. The van der Waals surface area contributed by atoms with Crippen LogP contribution in [0.15, 0.2) is 30.6 Å². The van der Waals surface area contributed by atoms with Crippen molar-refractivity contribution in [1.29, 1.82) is 0 Å². The normalized spacial score (nSPS) is 10.1. The molecule has 0 bridgehead atoms. The maximum absolute atomic E-state index is 11.0. The highest BCUT2D eigenvalue weighted by atomic mass is 16.6. The molecule has 0 atom stereocenters. The maximum Gasteiger partial charge on any atom is 0.354 e. The number of nitrogen functional groups attached to an aromatic ring is 1. The van der Waals surface area contributed by atoms with Crippen molar-refractivity contribution in [1.82, 2.24) is 9.97 Å². The van der Waals surface area contributed by atoms with Gasteiger partial charge in [0.25, 0.3) is 0 Å². The molecule has 9 heteroatoms. The topological polar surface area (TPSA) is 139 Å². The fourth-order valence-electron chi connectivity index (χ4n) is 1.77. The van der Waals surface area contributed by atoms with Crippen LogP contribution < -0.4 is 16.6 Å². The number of phenolic OH excluding ortho intramolecular Hbond substituents is 1. The Hall–Kier alpha value is -2.94. The van der Waals surface area contributed by atoms with Crippen LogP contribution in [0.2, 0.25) is 0 Å². The Balaban J connectivity index is 2.06. The van der Waals surface area contributed by atoms with Gasteiger partial charge in [-0.15, -0.1) is 0 Å². The summed E-state index contributed by atoms with van der Waals surface area (Å²) in [6.45, 7) is 0.437. The van der Waals surface area contributed by atoms with Gasteiger partial charge in [-0.05, 0) is 24.1 Å². The lowest BCUT2D eigenvalue weighted by Gasteiger charge is -2.08. The molecular weight excluding hydrogens is 276 g/mol. The first kappa shape index (κ1) is 14.5. The summed E-state index contributed by atoms with van der Waals surface area (Å²) in [6, 6.07) is 6.72. The lowest BCUT2D eigenvalue weighted by Crippen LogP contribution is -2.14. The zero-order valence-corrected chi connectivity index (χ0v) is 11.0. The summed E-state index contributed by atoms with van der Waals surface area (Å²) >= 11 is 0. The van der Waals surface area contributed by atoms with E-state index in [1.807, 2.05) is 0 Å². The van der Waals surface area contributed by atoms with E-state index in [4.69, 9.17) is 5.84 Å². The molecule has 110 valence electrons. The van der Waals surface area contributed by atoms with Gasteiger partial charge in [-0.25, -0.2) is 15.8 Å². The monoisotopic (exact) mass is 290 g/mol. The first-order valence-corrected chi connectivity index (χ1v) is 6.09. The van der Waals surface area contributed by atoms with Crippen molar-refractivity contribution < 1.29 is 10.0 Å². The highest BCUT2D eigenvalue weighted by Crippen LogP contribution is 2.27. The highest BCUT2D eigenvalue weighted by Gasteiger charge is 2.21. The van der Waals surface area contributed by atoms with Crippen molar-refractivity contribution in [2.75, 3.05) is 17.3 Å². The van der Waals surface area contributed by atoms with Crippen molar-refractivity contribution in [3.63, 3.8) is 0 Å². The minimum absolute atomic E-state index is 0.0536. The predicted molar refractivity (Wildman–Crippen MR) is 76.8 cm³/mol. The third-order valence-electron chi connectivity index (χ3n) is 2.78. The molecule has 9 nitrogen and oxygen atoms in total. The zero-order valence-electron chi connectivity index (χ0n) is 11.0. The summed E-state index contributed by atoms with van der Waals surface area (Å²) in [6.07, 6.45) is 1.80. The summed E-state index contributed by atoms with van der Waals surface area (Å²) in [5.74, 6) is 5.43. The van der Waals surface area contributed by atoms with Gasteiger partial charge in [0.05, 0.1) is 4.92 Å². The average molecular weight is 290 g/mol. The molecule has 0 fully saturated rings. The maximum atomic E-state index is 11.0. The van der Waals surface area contributed by atoms with Gasteiger partial charge in [-0.2, -0.15) is 0 Å². The number of hydrazine groups is 1. The van der Waals surface area contributed by atoms with Crippen LogP contribution in [0.1, 0.15) is 5.56 Å². The second-order valence-electron chi connectivity index (χ2n) is 4.16. The van der Waals surface area contributed by atoms with E-state index in [0.29, 0.717) is 13.0 Å². The Bertz CT molecular complexity index is 631. The Morgan fingerprint density at radius 2 is 1.90 bits per heavy atom. The molecule has 0 aliphatic heterocycles. The zero-order chi connectivity index (χ0) is 15.2. The second-order valence-corrected chi connectivity index (χ2v) is 4.16. The van der Waals surface area contributed by atoms with Gasteiger partial charge < -0.3 is 15.8 Å². The molecule has 0 saturated heterocycles. The van der Waals surface area contributed by atoms with E-state index in [1.54, 1.807) is 24.3 Å². The van der Waals surface area contributed by atoms with Crippen molar-refractivity contribution >= 4 is 17.3 Å². The van der Waals surface area contributed by atoms with Gasteiger partial charge in [0.2, 0.25) is 11.6 Å². The van der Waals surface area contributed by atoms with Crippen molar-refractivity contribution in [2.24, 2.45) is 5.84 Å². The van der Waals surface area contributed by atoms with Crippen LogP contribution in [0.3, 0.4) is 0 Å². The van der Waals surface area contributed by atoms with Crippen LogP contribution in [0.4, 0.5) is 17.3 Å². The third-order valence-corrected chi connectivity index (χ3v) is 2.78. The van der Waals surface area contributed by atoms with E-state index < -0.39 is 4.92 Å². The summed E-state index contributed by atoms with van der Waals surface area (Å²) < 4.78 is 0. The largest absolute Gasteiger partial charge is 0.508 e. The second kappa shape index (κ2) is 6.48. The van der Waals surface area contributed by atoms with Crippen molar-refractivity contribution in [3.05, 3.63) is 46.3 Å². The molecule has 21 heavy (non-hydrogen) atoms. The number of hydrogen-bond acceptors (Lipinski definition) is 8. The molecular formula is C12H14N6O3. The number of nitrogens with one attached hydrogen (secondary N) is 2. The molecule has 1 aromatic carbocycles. The smallest absolute Gasteiger partial charge is 0.354 e. The Morgan fingerprint density at radius 3 is 2.52 bits per heavy atom. The molecule has 0 aliphatic rings. The predicted octanol–water partition coefficient (Wildman–Crippen LogP) is 1.03. The van der Waals surface area contributed by atoms with Gasteiger partial charge in [0.1, 0.15) is 12.1 Å². The third kappa shape index (κ3) is 3.54. The molecule has 0 unspecified atom stereocenters. The number of benzene rings is 1. The van der Waals surface area contributed by atoms with Gasteiger partial charge >= 0.3 is 5.69 Å². The van der Waals surface area contributed by atoms with E-state index in [9.17, 15) is 15.2 Å². The van der Waals surface area contributed by atoms with Crippen LogP contribution in [-0.2, 0) is 6.42 Å². The van der Waals surface area contributed by atoms with E-state index >= 15 is 0 Å². The number of aromatic nitrogens is 2. The molecule has 0 radical (unpaired) electrons. The van der Waals surface area contributed by atoms with Crippen LogP contribution >= 0.6 is 0 Å². The number of nitrogens with two attached hydrogens (primary N) is 1. The van der Waals surface area contributed by atoms with E-state index in [2.05, 4.69) is 20.7 Å². The molecule has 2 rings (SSSR count).